The summed E-state index contributed by atoms with van der Waals surface area (Å²) in [4.78, 5) is 11.7. The van der Waals surface area contributed by atoms with E-state index < -0.39 is 0 Å². The van der Waals surface area contributed by atoms with Crippen LogP contribution in [-0.2, 0) is 14.3 Å². The second kappa shape index (κ2) is 7.19. The fourth-order valence-electron chi connectivity index (χ4n) is 1.57. The number of hydrogen-bond donors (Lipinski definition) is 1. The van der Waals surface area contributed by atoms with Gasteiger partial charge in [0.2, 0.25) is 5.91 Å². The maximum atomic E-state index is 11.7. The molecule has 2 unspecified atom stereocenters. The van der Waals surface area contributed by atoms with Gasteiger partial charge in [-0.25, -0.2) is 0 Å². The molecule has 4 nitrogen and oxygen atoms in total. The van der Waals surface area contributed by atoms with Crippen LogP contribution in [0.25, 0.3) is 0 Å². The highest BCUT2D eigenvalue weighted by Crippen LogP contribution is 2.12. The first-order valence-corrected chi connectivity index (χ1v) is 6.37. The van der Waals surface area contributed by atoms with E-state index in [1.807, 2.05) is 0 Å². The molecule has 1 N–H and O–H groups in total. The summed E-state index contributed by atoms with van der Waals surface area (Å²) in [6.07, 6.45) is 2.69. The zero-order valence-corrected chi connectivity index (χ0v) is 10.6. The van der Waals surface area contributed by atoms with Gasteiger partial charge >= 0.3 is 0 Å². The van der Waals surface area contributed by atoms with Crippen molar-refractivity contribution in [2.45, 2.75) is 31.4 Å². The summed E-state index contributed by atoms with van der Waals surface area (Å²) in [6, 6.07) is 0.0213. The molecule has 0 spiro atoms. The maximum Gasteiger partial charge on any atom is 0.249 e. The third-order valence-electron chi connectivity index (χ3n) is 2.37. The first kappa shape index (κ1) is 12.9. The van der Waals surface area contributed by atoms with Crippen LogP contribution < -0.4 is 5.32 Å². The summed E-state index contributed by atoms with van der Waals surface area (Å²) < 4.78 is 10.4. The number of rotatable bonds is 5. The predicted molar refractivity (Wildman–Crippen MR) is 61.2 cm³/mol. The van der Waals surface area contributed by atoms with Crippen molar-refractivity contribution in [2.75, 3.05) is 25.7 Å². The molecule has 1 rings (SSSR count). The number of nitrogens with one attached hydrogen (secondary N) is 1. The highest BCUT2D eigenvalue weighted by atomic mass is 79.9. The Morgan fingerprint density at radius 3 is 3.00 bits per heavy atom. The molecule has 5 heteroatoms. The third-order valence-corrected chi connectivity index (χ3v) is 3.15. The molecule has 0 saturated carbocycles. The molecule has 2 atom stereocenters. The molecule has 1 aliphatic heterocycles. The van der Waals surface area contributed by atoms with E-state index in [4.69, 9.17) is 9.47 Å². The molecule has 1 aliphatic rings. The molecular weight excluding hydrogens is 262 g/mol. The van der Waals surface area contributed by atoms with Gasteiger partial charge in [0, 0.05) is 19.0 Å². The van der Waals surface area contributed by atoms with E-state index in [1.54, 1.807) is 7.11 Å². The molecule has 1 heterocycles. The van der Waals surface area contributed by atoms with Crippen LogP contribution in [0.3, 0.4) is 0 Å². The Labute approximate surface area is 98.8 Å². The lowest BCUT2D eigenvalue weighted by atomic mass is 10.1. The van der Waals surface area contributed by atoms with Gasteiger partial charge in [-0.05, 0) is 19.3 Å². The van der Waals surface area contributed by atoms with Crippen LogP contribution in [0.2, 0.25) is 0 Å². The average Bonchev–Trinajstić information content (AvgIpc) is 2.29. The quantitative estimate of drug-likeness (QED) is 0.767. The van der Waals surface area contributed by atoms with E-state index in [-0.39, 0.29) is 18.1 Å². The van der Waals surface area contributed by atoms with Gasteiger partial charge in [0.15, 0.2) is 0 Å². The summed E-state index contributed by atoms with van der Waals surface area (Å²) >= 11 is 3.33. The van der Waals surface area contributed by atoms with Crippen molar-refractivity contribution in [1.82, 2.24) is 5.32 Å². The first-order chi connectivity index (χ1) is 7.27. The molecule has 0 bridgehead atoms. The smallest absolute Gasteiger partial charge is 0.249 e. The van der Waals surface area contributed by atoms with Gasteiger partial charge in [0.25, 0.3) is 0 Å². The highest BCUT2D eigenvalue weighted by Gasteiger charge is 2.23. The molecule has 1 saturated heterocycles. The first-order valence-electron chi connectivity index (χ1n) is 5.24. The van der Waals surface area contributed by atoms with Crippen LogP contribution in [0.4, 0.5) is 0 Å². The molecular formula is C10H18BrNO3. The second-order valence-electron chi connectivity index (χ2n) is 3.67. The van der Waals surface area contributed by atoms with Gasteiger partial charge in [-0.3, -0.25) is 4.79 Å². The van der Waals surface area contributed by atoms with Crippen molar-refractivity contribution < 1.29 is 14.3 Å². The summed E-state index contributed by atoms with van der Waals surface area (Å²) in [6.45, 7) is 1.21. The Kier molecular flexibility index (Phi) is 6.20. The number of amides is 1. The van der Waals surface area contributed by atoms with Crippen LogP contribution >= 0.6 is 15.9 Å². The monoisotopic (exact) mass is 279 g/mol. The van der Waals surface area contributed by atoms with E-state index in [0.717, 1.165) is 19.3 Å². The lowest BCUT2D eigenvalue weighted by molar-refractivity contribution is -0.136. The Hall–Kier alpha value is -0.130. The molecule has 0 aromatic carbocycles. The topological polar surface area (TPSA) is 47.6 Å². The maximum absolute atomic E-state index is 11.7. The molecule has 0 aromatic rings. The largest absolute Gasteiger partial charge is 0.383 e. The van der Waals surface area contributed by atoms with Crippen molar-refractivity contribution >= 4 is 21.8 Å². The van der Waals surface area contributed by atoms with E-state index in [9.17, 15) is 4.79 Å². The van der Waals surface area contributed by atoms with Crippen molar-refractivity contribution in [3.8, 4) is 0 Å². The van der Waals surface area contributed by atoms with Gasteiger partial charge in [-0.15, -0.1) is 0 Å². The summed E-state index contributed by atoms with van der Waals surface area (Å²) in [7, 11) is 1.62. The molecule has 88 valence electrons. The minimum atomic E-state index is -0.267. The summed E-state index contributed by atoms with van der Waals surface area (Å²) in [5.41, 5.74) is 0. The number of halogens is 1. The molecule has 0 aliphatic carbocycles. The Morgan fingerprint density at radius 2 is 2.47 bits per heavy atom. The van der Waals surface area contributed by atoms with E-state index in [1.165, 1.54) is 0 Å². The van der Waals surface area contributed by atoms with Crippen molar-refractivity contribution in [2.24, 2.45) is 0 Å². The normalized spacial score (nSPS) is 23.5. The number of carbonyl (C=O) groups excluding carboxylic acids is 1. The van der Waals surface area contributed by atoms with Crippen LogP contribution in [0, 0.1) is 0 Å². The molecule has 0 radical (unpaired) electrons. The van der Waals surface area contributed by atoms with E-state index in [2.05, 4.69) is 21.2 Å². The molecule has 1 fully saturated rings. The van der Waals surface area contributed by atoms with Gasteiger partial charge < -0.3 is 14.8 Å². The standard InChI is InChI=1S/C10H18BrNO3/c1-14-7-8(6-11)12-10(13)9-4-2-3-5-15-9/h8-9H,2-7H2,1H3,(H,12,13). The number of ether oxygens (including phenoxy) is 2. The predicted octanol–water partition coefficient (Wildman–Crippen LogP) is 1.08. The van der Waals surface area contributed by atoms with Gasteiger partial charge in [0.1, 0.15) is 6.10 Å². The number of alkyl halides is 1. The number of hydrogen-bond acceptors (Lipinski definition) is 3. The minimum Gasteiger partial charge on any atom is -0.383 e. The molecule has 1 amide bonds. The number of methoxy groups -OCH3 is 1. The lowest BCUT2D eigenvalue weighted by Gasteiger charge is -2.24. The van der Waals surface area contributed by atoms with Crippen LogP contribution in [0.15, 0.2) is 0 Å². The Bertz CT molecular complexity index is 195. The zero-order chi connectivity index (χ0) is 11.1. The zero-order valence-electron chi connectivity index (χ0n) is 9.00. The van der Waals surface area contributed by atoms with Crippen molar-refractivity contribution in [1.29, 1.82) is 0 Å². The summed E-state index contributed by atoms with van der Waals surface area (Å²) in [5, 5.41) is 3.60. The number of carbonyl (C=O) groups is 1. The van der Waals surface area contributed by atoms with Gasteiger partial charge in [-0.2, -0.15) is 0 Å². The third kappa shape index (κ3) is 4.49. The highest BCUT2D eigenvalue weighted by molar-refractivity contribution is 9.09. The Morgan fingerprint density at radius 1 is 1.67 bits per heavy atom. The molecule has 0 aromatic heterocycles. The van der Waals surface area contributed by atoms with E-state index in [0.29, 0.717) is 18.5 Å². The van der Waals surface area contributed by atoms with Gasteiger partial charge in [-0.1, -0.05) is 15.9 Å². The van der Waals surface area contributed by atoms with Crippen molar-refractivity contribution in [3.63, 3.8) is 0 Å². The van der Waals surface area contributed by atoms with Crippen LogP contribution in [0.5, 0.6) is 0 Å². The lowest BCUT2D eigenvalue weighted by Crippen LogP contribution is -2.46. The fourth-order valence-corrected chi connectivity index (χ4v) is 1.92. The van der Waals surface area contributed by atoms with Crippen molar-refractivity contribution in [3.05, 3.63) is 0 Å². The minimum absolute atomic E-state index is 0.0174. The second-order valence-corrected chi connectivity index (χ2v) is 4.32. The Balaban J connectivity index is 2.31. The average molecular weight is 280 g/mol. The fraction of sp³-hybridized carbons (Fsp3) is 0.900. The van der Waals surface area contributed by atoms with Crippen LogP contribution in [-0.4, -0.2) is 43.7 Å². The molecule has 15 heavy (non-hydrogen) atoms. The SMILES string of the molecule is COCC(CBr)NC(=O)C1CCCCO1. The van der Waals surface area contributed by atoms with E-state index >= 15 is 0 Å². The van der Waals surface area contributed by atoms with Crippen LogP contribution in [0.1, 0.15) is 19.3 Å². The summed E-state index contributed by atoms with van der Waals surface area (Å²) in [5.74, 6) is -0.0174. The van der Waals surface area contributed by atoms with Gasteiger partial charge in [0.05, 0.1) is 12.6 Å².